The summed E-state index contributed by atoms with van der Waals surface area (Å²) in [6.07, 6.45) is 1.79. The first kappa shape index (κ1) is 19.6. The fourth-order valence-corrected chi connectivity index (χ4v) is 3.99. The number of ether oxygens (including phenoxy) is 2. The first-order chi connectivity index (χ1) is 14.1. The maximum absolute atomic E-state index is 12.5. The number of rotatable bonds is 5. The van der Waals surface area contributed by atoms with Gasteiger partial charge in [0.05, 0.1) is 25.3 Å². The minimum absolute atomic E-state index is 0.299. The lowest BCUT2D eigenvalue weighted by atomic mass is 10.2. The van der Waals surface area contributed by atoms with E-state index < -0.39 is 0 Å². The Hall–Kier alpha value is -2.68. The van der Waals surface area contributed by atoms with Crippen molar-refractivity contribution in [3.63, 3.8) is 0 Å². The van der Waals surface area contributed by atoms with Crippen molar-refractivity contribution in [3.8, 4) is 16.3 Å². The van der Waals surface area contributed by atoms with Gasteiger partial charge < -0.3 is 19.7 Å². The van der Waals surface area contributed by atoms with Crippen molar-refractivity contribution in [1.82, 2.24) is 9.97 Å². The number of nitrogens with one attached hydrogen (secondary N) is 1. The average molecular weight is 431 g/mol. The molecule has 0 saturated carbocycles. The molecule has 0 aliphatic carbocycles. The Kier molecular flexibility index (Phi) is 5.94. The first-order valence-electron chi connectivity index (χ1n) is 9.03. The van der Waals surface area contributed by atoms with E-state index in [0.717, 1.165) is 29.5 Å². The largest absolute Gasteiger partial charge is 0.495 e. The number of hydrogen-bond donors (Lipinski definition) is 1. The Morgan fingerprint density at radius 3 is 2.79 bits per heavy atom. The molecule has 29 heavy (non-hydrogen) atoms. The highest BCUT2D eigenvalue weighted by Gasteiger charge is 2.15. The van der Waals surface area contributed by atoms with Crippen molar-refractivity contribution in [2.45, 2.75) is 0 Å². The highest BCUT2D eigenvalue weighted by atomic mass is 35.5. The lowest BCUT2D eigenvalue weighted by Gasteiger charge is -2.27. The van der Waals surface area contributed by atoms with E-state index in [0.29, 0.717) is 35.4 Å². The van der Waals surface area contributed by atoms with E-state index in [-0.39, 0.29) is 5.91 Å². The maximum Gasteiger partial charge on any atom is 0.275 e. The Balaban J connectivity index is 1.44. The van der Waals surface area contributed by atoms with Gasteiger partial charge >= 0.3 is 0 Å². The molecule has 3 heterocycles. The minimum Gasteiger partial charge on any atom is -0.495 e. The number of benzene rings is 1. The number of methoxy groups -OCH3 is 1. The summed E-state index contributed by atoms with van der Waals surface area (Å²) in [6.45, 7) is 3.11. The molecule has 1 amide bonds. The molecule has 1 aliphatic rings. The fourth-order valence-electron chi connectivity index (χ4n) is 2.94. The van der Waals surface area contributed by atoms with Gasteiger partial charge in [-0.25, -0.2) is 9.97 Å². The molecule has 0 atom stereocenters. The molecule has 9 heteroatoms. The first-order valence-corrected chi connectivity index (χ1v) is 10.3. The third-order valence-electron chi connectivity index (χ3n) is 4.48. The zero-order chi connectivity index (χ0) is 20.2. The second kappa shape index (κ2) is 8.77. The average Bonchev–Trinajstić information content (AvgIpc) is 3.25. The number of pyridine rings is 1. The molecule has 1 N–H and O–H groups in total. The van der Waals surface area contributed by atoms with E-state index in [1.165, 1.54) is 11.3 Å². The van der Waals surface area contributed by atoms with Crippen LogP contribution in [0.1, 0.15) is 10.5 Å². The number of aromatic nitrogens is 2. The molecule has 7 nitrogen and oxygen atoms in total. The van der Waals surface area contributed by atoms with Gasteiger partial charge in [-0.2, -0.15) is 0 Å². The number of morpholine rings is 1. The number of hydrogen-bond acceptors (Lipinski definition) is 7. The van der Waals surface area contributed by atoms with E-state index in [1.54, 1.807) is 36.9 Å². The van der Waals surface area contributed by atoms with Gasteiger partial charge in [0.1, 0.15) is 22.3 Å². The van der Waals surface area contributed by atoms with Gasteiger partial charge in [0.15, 0.2) is 0 Å². The van der Waals surface area contributed by atoms with Gasteiger partial charge in [-0.15, -0.1) is 11.3 Å². The molecule has 1 fully saturated rings. The van der Waals surface area contributed by atoms with Crippen molar-refractivity contribution in [2.75, 3.05) is 43.6 Å². The summed E-state index contributed by atoms with van der Waals surface area (Å²) in [7, 11) is 1.54. The van der Waals surface area contributed by atoms with Crippen molar-refractivity contribution in [2.24, 2.45) is 0 Å². The summed E-state index contributed by atoms with van der Waals surface area (Å²) < 4.78 is 10.5. The van der Waals surface area contributed by atoms with Crippen LogP contribution in [0.4, 0.5) is 11.5 Å². The molecule has 4 rings (SSSR count). The second-order valence-corrected chi connectivity index (χ2v) is 7.61. The Labute approximate surface area is 177 Å². The molecular formula is C20H19ClN4O3S. The van der Waals surface area contributed by atoms with Crippen LogP contribution in [0.15, 0.2) is 41.9 Å². The Morgan fingerprint density at radius 1 is 1.28 bits per heavy atom. The van der Waals surface area contributed by atoms with E-state index in [9.17, 15) is 4.79 Å². The Bertz CT molecular complexity index is 1000. The van der Waals surface area contributed by atoms with Crippen molar-refractivity contribution in [3.05, 3.63) is 52.6 Å². The molecular weight excluding hydrogens is 412 g/mol. The number of anilines is 2. The minimum atomic E-state index is -0.299. The monoisotopic (exact) mass is 430 g/mol. The SMILES string of the molecule is COc1ccc(NC(=O)c2csc(-c3ccc(N4CCOCC4)nc3)n2)cc1Cl. The van der Waals surface area contributed by atoms with E-state index >= 15 is 0 Å². The molecule has 3 aromatic rings. The molecule has 2 aromatic heterocycles. The number of carbonyl (C=O) groups excluding carboxylic acids is 1. The van der Waals surface area contributed by atoms with Crippen LogP contribution in [0.5, 0.6) is 5.75 Å². The normalized spacial score (nSPS) is 13.9. The molecule has 0 radical (unpaired) electrons. The number of carbonyl (C=O) groups is 1. The van der Waals surface area contributed by atoms with Crippen molar-refractivity contribution < 1.29 is 14.3 Å². The summed E-state index contributed by atoms with van der Waals surface area (Å²) >= 11 is 7.51. The maximum atomic E-state index is 12.5. The summed E-state index contributed by atoms with van der Waals surface area (Å²) in [5.74, 6) is 1.17. The second-order valence-electron chi connectivity index (χ2n) is 6.35. The molecule has 0 bridgehead atoms. The van der Waals surface area contributed by atoms with Crippen LogP contribution >= 0.6 is 22.9 Å². The van der Waals surface area contributed by atoms with E-state index in [1.807, 2.05) is 12.1 Å². The number of halogens is 1. The molecule has 1 saturated heterocycles. The van der Waals surface area contributed by atoms with Gasteiger partial charge in [0.25, 0.3) is 5.91 Å². The summed E-state index contributed by atoms with van der Waals surface area (Å²) in [5.41, 5.74) is 1.79. The van der Waals surface area contributed by atoms with Gasteiger partial charge in [-0.3, -0.25) is 4.79 Å². The zero-order valence-electron chi connectivity index (χ0n) is 15.7. The summed E-state index contributed by atoms with van der Waals surface area (Å²) in [6, 6.07) is 9.01. The molecule has 150 valence electrons. The topological polar surface area (TPSA) is 76.6 Å². The van der Waals surface area contributed by atoms with E-state index in [4.69, 9.17) is 21.1 Å². The molecule has 1 aromatic carbocycles. The van der Waals surface area contributed by atoms with Crippen LogP contribution in [-0.4, -0.2) is 49.3 Å². The highest BCUT2D eigenvalue weighted by molar-refractivity contribution is 7.13. The standard InChI is InChI=1S/C20H19ClN4O3S/c1-27-17-4-3-14(10-15(17)21)23-19(26)16-12-29-20(24-16)13-2-5-18(22-11-13)25-6-8-28-9-7-25/h2-5,10-12H,6-9H2,1H3,(H,23,26). The lowest BCUT2D eigenvalue weighted by molar-refractivity contribution is 0.102. The van der Waals surface area contributed by atoms with Gasteiger partial charge in [0, 0.05) is 35.9 Å². The fraction of sp³-hybridized carbons (Fsp3) is 0.250. The summed E-state index contributed by atoms with van der Waals surface area (Å²) in [4.78, 5) is 23.7. The predicted molar refractivity (Wildman–Crippen MR) is 114 cm³/mol. The van der Waals surface area contributed by atoms with Crippen LogP contribution in [0.2, 0.25) is 5.02 Å². The smallest absolute Gasteiger partial charge is 0.275 e. The molecule has 1 aliphatic heterocycles. The van der Waals surface area contributed by atoms with Crippen LogP contribution < -0.4 is 15.0 Å². The molecule has 0 spiro atoms. The molecule has 0 unspecified atom stereocenters. The third kappa shape index (κ3) is 4.50. The summed E-state index contributed by atoms with van der Waals surface area (Å²) in [5, 5.41) is 5.69. The van der Waals surface area contributed by atoms with Crippen LogP contribution in [0.25, 0.3) is 10.6 Å². The van der Waals surface area contributed by atoms with Crippen molar-refractivity contribution in [1.29, 1.82) is 0 Å². The number of thiazole rings is 1. The van der Waals surface area contributed by atoms with Crippen LogP contribution in [0.3, 0.4) is 0 Å². The highest BCUT2D eigenvalue weighted by Crippen LogP contribution is 2.28. The third-order valence-corrected chi connectivity index (χ3v) is 5.66. The van der Waals surface area contributed by atoms with Gasteiger partial charge in [-0.05, 0) is 30.3 Å². The van der Waals surface area contributed by atoms with Crippen molar-refractivity contribution >= 4 is 40.4 Å². The predicted octanol–water partition coefficient (Wildman–Crippen LogP) is 3.96. The van der Waals surface area contributed by atoms with Gasteiger partial charge in [0.2, 0.25) is 0 Å². The lowest BCUT2D eigenvalue weighted by Crippen LogP contribution is -2.36. The number of amides is 1. The van der Waals surface area contributed by atoms with Crippen LogP contribution in [0, 0.1) is 0 Å². The van der Waals surface area contributed by atoms with Gasteiger partial charge in [-0.1, -0.05) is 11.6 Å². The zero-order valence-corrected chi connectivity index (χ0v) is 17.3. The number of nitrogens with zero attached hydrogens (tertiary/aromatic N) is 3. The quantitative estimate of drug-likeness (QED) is 0.660. The Morgan fingerprint density at radius 2 is 2.10 bits per heavy atom. The van der Waals surface area contributed by atoms with Crippen LogP contribution in [-0.2, 0) is 4.74 Å². The van der Waals surface area contributed by atoms with E-state index in [2.05, 4.69) is 20.2 Å².